The highest BCUT2D eigenvalue weighted by molar-refractivity contribution is 5.92. The zero-order valence-electron chi connectivity index (χ0n) is 17.8. The molecule has 0 fully saturated rings. The maximum Gasteiger partial charge on any atom is 0.269 e. The summed E-state index contributed by atoms with van der Waals surface area (Å²) in [6.07, 6.45) is 5.04. The first-order chi connectivity index (χ1) is 14.6. The molecular formula is C22H29N5O3. The predicted molar refractivity (Wildman–Crippen MR) is 118 cm³/mol. The number of pyridine rings is 1. The van der Waals surface area contributed by atoms with Crippen LogP contribution in [0.4, 0.5) is 5.95 Å². The van der Waals surface area contributed by atoms with E-state index in [1.807, 2.05) is 26.0 Å². The normalized spacial score (nSPS) is 11.2. The van der Waals surface area contributed by atoms with Gasteiger partial charge >= 0.3 is 0 Å². The lowest BCUT2D eigenvalue weighted by atomic mass is 10.2. The second kappa shape index (κ2) is 11.7. The van der Waals surface area contributed by atoms with E-state index >= 15 is 0 Å². The average molecular weight is 412 g/mol. The Bertz CT molecular complexity index is 964. The standard InChI is InChI=1S/C20H23N5O3.C2H6/c1-3-4-14(12-26)24-20-23-11-13-9-15(5-6-17(13)25-20)28-16-7-8-22-18(10-16)19(27)21-2;1-2/h5-11,14,26H,3-4,12H2,1-2H3,(H,21,27)(H,23,24,25);1-2H3/t14-;/m0./s1. The molecule has 3 N–H and O–H groups in total. The molecule has 2 aromatic heterocycles. The van der Waals surface area contributed by atoms with Gasteiger partial charge in [-0.3, -0.25) is 9.78 Å². The summed E-state index contributed by atoms with van der Waals surface area (Å²) in [5.74, 6) is 1.32. The van der Waals surface area contributed by atoms with Crippen LogP contribution in [0, 0.1) is 0 Å². The monoisotopic (exact) mass is 411 g/mol. The fourth-order valence-corrected chi connectivity index (χ4v) is 2.75. The van der Waals surface area contributed by atoms with Crippen molar-refractivity contribution in [2.24, 2.45) is 0 Å². The van der Waals surface area contributed by atoms with Crippen molar-refractivity contribution in [2.75, 3.05) is 19.0 Å². The molecule has 30 heavy (non-hydrogen) atoms. The van der Waals surface area contributed by atoms with Crippen molar-refractivity contribution in [1.82, 2.24) is 20.3 Å². The molecule has 3 aromatic rings. The van der Waals surface area contributed by atoms with E-state index in [1.54, 1.807) is 31.4 Å². The third-order valence-corrected chi connectivity index (χ3v) is 4.17. The number of hydrogen-bond donors (Lipinski definition) is 3. The Morgan fingerprint density at radius 1 is 1.17 bits per heavy atom. The van der Waals surface area contributed by atoms with E-state index in [9.17, 15) is 9.90 Å². The third kappa shape index (κ3) is 6.12. The summed E-state index contributed by atoms with van der Waals surface area (Å²) in [6.45, 7) is 6.10. The molecule has 1 atom stereocenters. The first kappa shape index (κ1) is 23.0. The number of aliphatic hydroxyl groups excluding tert-OH is 1. The number of hydrogen-bond acceptors (Lipinski definition) is 7. The Morgan fingerprint density at radius 3 is 2.63 bits per heavy atom. The van der Waals surface area contributed by atoms with Gasteiger partial charge in [0.05, 0.1) is 18.2 Å². The third-order valence-electron chi connectivity index (χ3n) is 4.17. The number of nitrogens with one attached hydrogen (secondary N) is 2. The number of ether oxygens (including phenoxy) is 1. The topological polar surface area (TPSA) is 109 Å². The van der Waals surface area contributed by atoms with Crippen molar-refractivity contribution >= 4 is 22.8 Å². The van der Waals surface area contributed by atoms with Crippen LogP contribution < -0.4 is 15.4 Å². The number of fused-ring (bicyclic) bond motifs is 1. The van der Waals surface area contributed by atoms with Gasteiger partial charge in [0.15, 0.2) is 0 Å². The van der Waals surface area contributed by atoms with Gasteiger partial charge in [0.1, 0.15) is 17.2 Å². The van der Waals surface area contributed by atoms with Gasteiger partial charge < -0.3 is 20.5 Å². The van der Waals surface area contributed by atoms with E-state index in [-0.39, 0.29) is 24.2 Å². The molecule has 0 unspecified atom stereocenters. The molecule has 0 radical (unpaired) electrons. The Kier molecular flexibility index (Phi) is 8.96. The maximum absolute atomic E-state index is 11.7. The molecular weight excluding hydrogens is 382 g/mol. The second-order valence-electron chi connectivity index (χ2n) is 6.28. The minimum atomic E-state index is -0.276. The Labute approximate surface area is 176 Å². The number of anilines is 1. The van der Waals surface area contributed by atoms with E-state index in [4.69, 9.17) is 4.74 Å². The zero-order chi connectivity index (χ0) is 21.9. The Hall–Kier alpha value is -3.26. The molecule has 0 aliphatic heterocycles. The lowest BCUT2D eigenvalue weighted by Gasteiger charge is -2.15. The van der Waals surface area contributed by atoms with Crippen LogP contribution >= 0.6 is 0 Å². The average Bonchev–Trinajstić information content (AvgIpc) is 2.79. The minimum Gasteiger partial charge on any atom is -0.457 e. The summed E-state index contributed by atoms with van der Waals surface area (Å²) in [4.78, 5) is 24.5. The first-order valence-electron chi connectivity index (χ1n) is 10.1. The van der Waals surface area contributed by atoms with Gasteiger partial charge in [0.25, 0.3) is 5.91 Å². The van der Waals surface area contributed by atoms with Gasteiger partial charge in [0, 0.05) is 30.9 Å². The molecule has 8 nitrogen and oxygen atoms in total. The van der Waals surface area contributed by atoms with Crippen molar-refractivity contribution in [3.8, 4) is 11.5 Å². The number of aliphatic hydroxyl groups is 1. The smallest absolute Gasteiger partial charge is 0.269 e. The predicted octanol–water partition coefficient (Wildman–Crippen LogP) is 3.78. The molecule has 3 rings (SSSR count). The van der Waals surface area contributed by atoms with Crippen LogP contribution in [0.5, 0.6) is 11.5 Å². The molecule has 1 amide bonds. The SMILES string of the molecule is CC.CCC[C@@H](CO)Nc1ncc2cc(Oc3ccnc(C(=O)NC)c3)ccc2n1. The highest BCUT2D eigenvalue weighted by Gasteiger charge is 2.10. The van der Waals surface area contributed by atoms with Crippen LogP contribution in [0.25, 0.3) is 10.9 Å². The van der Waals surface area contributed by atoms with E-state index in [0.717, 1.165) is 23.7 Å². The molecule has 0 aliphatic carbocycles. The van der Waals surface area contributed by atoms with Gasteiger partial charge in [-0.2, -0.15) is 0 Å². The molecule has 160 valence electrons. The largest absolute Gasteiger partial charge is 0.457 e. The van der Waals surface area contributed by atoms with Crippen LogP contribution in [-0.2, 0) is 0 Å². The summed E-state index contributed by atoms with van der Waals surface area (Å²) < 4.78 is 5.84. The Balaban J connectivity index is 0.00000155. The zero-order valence-corrected chi connectivity index (χ0v) is 17.8. The lowest BCUT2D eigenvalue weighted by molar-refractivity contribution is 0.0958. The number of benzene rings is 1. The molecule has 0 spiro atoms. The van der Waals surface area contributed by atoms with Gasteiger partial charge in [0.2, 0.25) is 5.95 Å². The molecule has 0 saturated heterocycles. The second-order valence-corrected chi connectivity index (χ2v) is 6.28. The lowest BCUT2D eigenvalue weighted by Crippen LogP contribution is -2.24. The highest BCUT2D eigenvalue weighted by Crippen LogP contribution is 2.25. The van der Waals surface area contributed by atoms with Crippen LogP contribution in [0.2, 0.25) is 0 Å². The summed E-state index contributed by atoms with van der Waals surface area (Å²) in [6, 6.07) is 8.67. The fraction of sp³-hybridized carbons (Fsp3) is 0.364. The number of amides is 1. The van der Waals surface area contributed by atoms with Crippen LogP contribution in [0.15, 0.2) is 42.7 Å². The molecule has 1 aromatic carbocycles. The number of nitrogens with zero attached hydrogens (tertiary/aromatic N) is 3. The van der Waals surface area contributed by atoms with E-state index in [1.165, 1.54) is 6.20 Å². The van der Waals surface area contributed by atoms with Gasteiger partial charge in [-0.1, -0.05) is 27.2 Å². The first-order valence-corrected chi connectivity index (χ1v) is 10.1. The molecule has 0 bridgehead atoms. The fourth-order valence-electron chi connectivity index (χ4n) is 2.75. The van der Waals surface area contributed by atoms with Gasteiger partial charge in [-0.15, -0.1) is 0 Å². The molecule has 8 heteroatoms. The van der Waals surface area contributed by atoms with Gasteiger partial charge in [-0.25, -0.2) is 9.97 Å². The Morgan fingerprint density at radius 2 is 1.93 bits per heavy atom. The molecule has 2 heterocycles. The molecule has 0 aliphatic rings. The molecule has 0 saturated carbocycles. The number of rotatable bonds is 8. The van der Waals surface area contributed by atoms with Crippen LogP contribution in [0.1, 0.15) is 44.1 Å². The van der Waals surface area contributed by atoms with Gasteiger partial charge in [-0.05, 0) is 30.7 Å². The van der Waals surface area contributed by atoms with Crippen LogP contribution in [-0.4, -0.2) is 45.7 Å². The van der Waals surface area contributed by atoms with Crippen molar-refractivity contribution in [3.63, 3.8) is 0 Å². The van der Waals surface area contributed by atoms with Crippen molar-refractivity contribution in [3.05, 3.63) is 48.4 Å². The van der Waals surface area contributed by atoms with Crippen molar-refractivity contribution in [1.29, 1.82) is 0 Å². The highest BCUT2D eigenvalue weighted by atomic mass is 16.5. The minimum absolute atomic E-state index is 0.0337. The number of aromatic nitrogens is 3. The van der Waals surface area contributed by atoms with E-state index in [2.05, 4.69) is 32.5 Å². The van der Waals surface area contributed by atoms with E-state index in [0.29, 0.717) is 17.4 Å². The van der Waals surface area contributed by atoms with Crippen molar-refractivity contribution in [2.45, 2.75) is 39.7 Å². The maximum atomic E-state index is 11.7. The summed E-state index contributed by atoms with van der Waals surface area (Å²) in [5.41, 5.74) is 1.05. The van der Waals surface area contributed by atoms with Crippen LogP contribution in [0.3, 0.4) is 0 Å². The number of carbonyl (C=O) groups is 1. The quantitative estimate of drug-likeness (QED) is 0.517. The van der Waals surface area contributed by atoms with Crippen molar-refractivity contribution < 1.29 is 14.6 Å². The summed E-state index contributed by atoms with van der Waals surface area (Å²) in [5, 5.41) is 15.9. The number of carbonyl (C=O) groups excluding carboxylic acids is 1. The summed E-state index contributed by atoms with van der Waals surface area (Å²) >= 11 is 0. The van der Waals surface area contributed by atoms with E-state index < -0.39 is 0 Å². The summed E-state index contributed by atoms with van der Waals surface area (Å²) in [7, 11) is 1.55.